The molecule has 0 amide bonds. The van der Waals surface area contributed by atoms with Crippen LogP contribution in [0.4, 0.5) is 4.39 Å². The summed E-state index contributed by atoms with van der Waals surface area (Å²) >= 11 is 0. The van der Waals surface area contributed by atoms with Gasteiger partial charge >= 0.3 is 5.97 Å². The van der Waals surface area contributed by atoms with Crippen LogP contribution in [0.15, 0.2) is 6.07 Å². The van der Waals surface area contributed by atoms with Gasteiger partial charge in [0.1, 0.15) is 13.2 Å². The van der Waals surface area contributed by atoms with Gasteiger partial charge in [-0.2, -0.15) is 0 Å². The molecule has 0 saturated carbocycles. The molecule has 2 rings (SSSR count). The molecule has 17 heavy (non-hydrogen) atoms. The highest BCUT2D eigenvalue weighted by Gasteiger charge is 2.25. The molecule has 0 aromatic heterocycles. The van der Waals surface area contributed by atoms with Crippen LogP contribution in [0.2, 0.25) is 0 Å². The fourth-order valence-corrected chi connectivity index (χ4v) is 1.74. The van der Waals surface area contributed by atoms with Gasteiger partial charge in [0.25, 0.3) is 0 Å². The highest BCUT2D eigenvalue weighted by atomic mass is 19.1. The molecule has 1 heterocycles. The topological polar surface area (TPSA) is 65.0 Å². The number of aliphatic carboxylic acids is 1. The van der Waals surface area contributed by atoms with Crippen LogP contribution in [0, 0.1) is 5.82 Å². The number of rotatable bonds is 3. The number of methoxy groups -OCH3 is 1. The zero-order valence-electron chi connectivity index (χ0n) is 9.16. The van der Waals surface area contributed by atoms with E-state index in [9.17, 15) is 9.18 Å². The maximum Gasteiger partial charge on any atom is 0.308 e. The second kappa shape index (κ2) is 4.48. The van der Waals surface area contributed by atoms with Crippen molar-refractivity contribution in [3.05, 3.63) is 17.4 Å². The normalized spacial score (nSPS) is 13.3. The van der Waals surface area contributed by atoms with E-state index in [1.807, 2.05) is 0 Å². The van der Waals surface area contributed by atoms with Crippen LogP contribution in [0.5, 0.6) is 17.2 Å². The molecular weight excluding hydrogens is 231 g/mol. The molecule has 5 nitrogen and oxygen atoms in total. The zero-order chi connectivity index (χ0) is 12.4. The van der Waals surface area contributed by atoms with Crippen molar-refractivity contribution >= 4 is 5.97 Å². The van der Waals surface area contributed by atoms with Crippen molar-refractivity contribution < 1.29 is 28.5 Å². The quantitative estimate of drug-likeness (QED) is 0.863. The van der Waals surface area contributed by atoms with Crippen molar-refractivity contribution in [3.63, 3.8) is 0 Å². The number of fused-ring (bicyclic) bond motifs is 1. The number of halogens is 1. The van der Waals surface area contributed by atoms with Crippen LogP contribution in [0.25, 0.3) is 0 Å². The summed E-state index contributed by atoms with van der Waals surface area (Å²) in [6, 6.07) is 1.14. The zero-order valence-corrected chi connectivity index (χ0v) is 9.16. The van der Waals surface area contributed by atoms with E-state index in [0.717, 1.165) is 6.07 Å². The summed E-state index contributed by atoms with van der Waals surface area (Å²) in [6.07, 6.45) is -0.382. The molecule has 0 atom stereocenters. The molecule has 0 aliphatic carbocycles. The van der Waals surface area contributed by atoms with Crippen molar-refractivity contribution in [1.82, 2.24) is 0 Å². The fourth-order valence-electron chi connectivity index (χ4n) is 1.74. The van der Waals surface area contributed by atoms with Crippen LogP contribution in [0.1, 0.15) is 5.56 Å². The molecule has 1 aromatic carbocycles. The van der Waals surface area contributed by atoms with E-state index >= 15 is 0 Å². The first-order valence-corrected chi connectivity index (χ1v) is 5.00. The lowest BCUT2D eigenvalue weighted by Gasteiger charge is -2.22. The highest BCUT2D eigenvalue weighted by molar-refractivity contribution is 5.74. The third-order valence-electron chi connectivity index (χ3n) is 2.37. The van der Waals surface area contributed by atoms with Gasteiger partial charge in [-0.25, -0.2) is 4.39 Å². The monoisotopic (exact) mass is 242 g/mol. The summed E-state index contributed by atoms with van der Waals surface area (Å²) in [5.41, 5.74) is 0.162. The molecule has 1 aliphatic rings. The average Bonchev–Trinajstić information content (AvgIpc) is 2.28. The van der Waals surface area contributed by atoms with Crippen LogP contribution in [-0.2, 0) is 11.2 Å². The predicted octanol–water partition coefficient (Wildman–Crippen LogP) is 1.23. The van der Waals surface area contributed by atoms with Gasteiger partial charge in [-0.1, -0.05) is 0 Å². The standard InChI is InChI=1S/C11H11FO5/c1-15-10-6(4-9(13)14)11-8(5-7(10)12)16-2-3-17-11/h5H,2-4H2,1H3,(H,13,14). The Bertz CT molecular complexity index is 458. The molecule has 0 fully saturated rings. The number of hydrogen-bond donors (Lipinski definition) is 1. The molecule has 1 aromatic rings. The molecule has 0 spiro atoms. The van der Waals surface area contributed by atoms with E-state index in [1.165, 1.54) is 7.11 Å². The van der Waals surface area contributed by atoms with Gasteiger partial charge in [0.05, 0.1) is 19.1 Å². The van der Waals surface area contributed by atoms with Crippen molar-refractivity contribution in [3.8, 4) is 17.2 Å². The largest absolute Gasteiger partial charge is 0.493 e. The highest BCUT2D eigenvalue weighted by Crippen LogP contribution is 2.41. The lowest BCUT2D eigenvalue weighted by molar-refractivity contribution is -0.136. The van der Waals surface area contributed by atoms with Gasteiger partial charge in [0.15, 0.2) is 23.1 Å². The number of hydrogen-bond acceptors (Lipinski definition) is 4. The molecule has 92 valence electrons. The molecule has 0 radical (unpaired) electrons. The molecule has 6 heteroatoms. The number of carboxylic acids is 1. The van der Waals surface area contributed by atoms with E-state index in [4.69, 9.17) is 19.3 Å². The van der Waals surface area contributed by atoms with Crippen LogP contribution in [-0.4, -0.2) is 31.4 Å². The number of carbonyl (C=O) groups is 1. The third-order valence-corrected chi connectivity index (χ3v) is 2.37. The van der Waals surface area contributed by atoms with E-state index in [-0.39, 0.29) is 29.2 Å². The summed E-state index contributed by atoms with van der Waals surface area (Å²) in [5.74, 6) is -1.40. The van der Waals surface area contributed by atoms with E-state index in [1.54, 1.807) is 0 Å². The Balaban J connectivity index is 2.56. The third kappa shape index (κ3) is 2.11. The number of carboxylic acid groups (broad SMARTS) is 1. The Morgan fingerprint density at radius 1 is 1.53 bits per heavy atom. The maximum absolute atomic E-state index is 13.6. The number of benzene rings is 1. The number of ether oxygens (including phenoxy) is 3. The summed E-state index contributed by atoms with van der Waals surface area (Å²) in [6.45, 7) is 0.611. The fraction of sp³-hybridized carbons (Fsp3) is 0.364. The van der Waals surface area contributed by atoms with Gasteiger partial charge in [0.2, 0.25) is 0 Å². The van der Waals surface area contributed by atoms with Crippen LogP contribution in [0.3, 0.4) is 0 Å². The van der Waals surface area contributed by atoms with E-state index in [2.05, 4.69) is 0 Å². The second-order valence-electron chi connectivity index (χ2n) is 3.46. The lowest BCUT2D eigenvalue weighted by Crippen LogP contribution is -2.18. The Morgan fingerprint density at radius 2 is 2.24 bits per heavy atom. The molecule has 1 N–H and O–H groups in total. The summed E-state index contributed by atoms with van der Waals surface area (Å²) < 4.78 is 29.0. The molecule has 0 unspecified atom stereocenters. The minimum Gasteiger partial charge on any atom is -0.493 e. The molecule has 0 bridgehead atoms. The van der Waals surface area contributed by atoms with Gasteiger partial charge in [0, 0.05) is 6.07 Å². The van der Waals surface area contributed by atoms with E-state index < -0.39 is 11.8 Å². The van der Waals surface area contributed by atoms with Gasteiger partial charge in [-0.3, -0.25) is 4.79 Å². The van der Waals surface area contributed by atoms with Crippen molar-refractivity contribution in [1.29, 1.82) is 0 Å². The Labute approximate surface area is 96.7 Å². The minimum atomic E-state index is -1.09. The van der Waals surface area contributed by atoms with Crippen LogP contribution >= 0.6 is 0 Å². The van der Waals surface area contributed by atoms with Crippen molar-refractivity contribution in [2.24, 2.45) is 0 Å². The van der Waals surface area contributed by atoms with E-state index in [0.29, 0.717) is 13.2 Å². The Hall–Kier alpha value is -1.98. The first kappa shape index (κ1) is 11.5. The van der Waals surface area contributed by atoms with Crippen molar-refractivity contribution in [2.45, 2.75) is 6.42 Å². The molecule has 0 saturated heterocycles. The minimum absolute atomic E-state index is 0.114. The van der Waals surface area contributed by atoms with Gasteiger partial charge in [-0.05, 0) is 0 Å². The summed E-state index contributed by atoms with van der Waals surface area (Å²) in [5, 5.41) is 8.80. The first-order valence-electron chi connectivity index (χ1n) is 5.00. The average molecular weight is 242 g/mol. The SMILES string of the molecule is COc1c(F)cc2c(c1CC(=O)O)OCCO2. The molecule has 1 aliphatic heterocycles. The summed E-state index contributed by atoms with van der Waals surface area (Å²) in [4.78, 5) is 10.8. The Kier molecular flexibility index (Phi) is 3.03. The first-order chi connectivity index (χ1) is 8.13. The van der Waals surface area contributed by atoms with Crippen molar-refractivity contribution in [2.75, 3.05) is 20.3 Å². The Morgan fingerprint density at radius 3 is 2.88 bits per heavy atom. The predicted molar refractivity (Wildman–Crippen MR) is 55.3 cm³/mol. The van der Waals surface area contributed by atoms with Gasteiger partial charge < -0.3 is 19.3 Å². The lowest BCUT2D eigenvalue weighted by atomic mass is 10.1. The molecular formula is C11H11FO5. The van der Waals surface area contributed by atoms with Gasteiger partial charge in [-0.15, -0.1) is 0 Å². The summed E-state index contributed by atoms with van der Waals surface area (Å²) in [7, 11) is 1.28. The maximum atomic E-state index is 13.6. The second-order valence-corrected chi connectivity index (χ2v) is 3.46. The van der Waals surface area contributed by atoms with Crippen LogP contribution < -0.4 is 14.2 Å². The smallest absolute Gasteiger partial charge is 0.308 e.